The SMILES string of the molecule is CCN(CC(=O)NC)c1cc(N)cc(OC)c1. The summed E-state index contributed by atoms with van der Waals surface area (Å²) in [5.41, 5.74) is 7.29. The van der Waals surface area contributed by atoms with Crippen LogP contribution < -0.4 is 20.7 Å². The molecule has 1 aromatic rings. The van der Waals surface area contributed by atoms with Gasteiger partial charge < -0.3 is 20.7 Å². The van der Waals surface area contributed by atoms with E-state index in [1.165, 1.54) is 0 Å². The second kappa shape index (κ2) is 5.98. The molecular weight excluding hydrogens is 218 g/mol. The van der Waals surface area contributed by atoms with Crippen LogP contribution in [0.3, 0.4) is 0 Å². The number of carbonyl (C=O) groups excluding carboxylic acids is 1. The van der Waals surface area contributed by atoms with Gasteiger partial charge in [0.05, 0.1) is 13.7 Å². The maximum Gasteiger partial charge on any atom is 0.239 e. The minimum absolute atomic E-state index is 0.0340. The van der Waals surface area contributed by atoms with Crippen LogP contribution in [0.4, 0.5) is 11.4 Å². The van der Waals surface area contributed by atoms with Crippen molar-refractivity contribution in [3.05, 3.63) is 18.2 Å². The minimum Gasteiger partial charge on any atom is -0.497 e. The van der Waals surface area contributed by atoms with Crippen LogP contribution >= 0.6 is 0 Å². The molecule has 0 aromatic heterocycles. The summed E-state index contributed by atoms with van der Waals surface area (Å²) in [5, 5.41) is 2.60. The van der Waals surface area contributed by atoms with E-state index in [1.54, 1.807) is 20.2 Å². The van der Waals surface area contributed by atoms with Gasteiger partial charge in [0, 0.05) is 37.1 Å². The number of hydrogen-bond donors (Lipinski definition) is 2. The average molecular weight is 237 g/mol. The molecule has 0 fully saturated rings. The van der Waals surface area contributed by atoms with Crippen molar-refractivity contribution in [2.45, 2.75) is 6.92 Å². The highest BCUT2D eigenvalue weighted by atomic mass is 16.5. The van der Waals surface area contributed by atoms with Crippen molar-refractivity contribution in [2.75, 3.05) is 37.9 Å². The monoisotopic (exact) mass is 237 g/mol. The molecule has 1 rings (SSSR count). The van der Waals surface area contributed by atoms with Crippen molar-refractivity contribution in [1.82, 2.24) is 5.32 Å². The zero-order valence-electron chi connectivity index (χ0n) is 10.5. The summed E-state index contributed by atoms with van der Waals surface area (Å²) in [6.45, 7) is 3.01. The van der Waals surface area contributed by atoms with Gasteiger partial charge in [-0.25, -0.2) is 0 Å². The fourth-order valence-corrected chi connectivity index (χ4v) is 1.54. The summed E-state index contributed by atoms with van der Waals surface area (Å²) >= 11 is 0. The lowest BCUT2D eigenvalue weighted by Crippen LogP contribution is -2.35. The molecule has 0 saturated heterocycles. The average Bonchev–Trinajstić information content (AvgIpc) is 2.34. The zero-order valence-corrected chi connectivity index (χ0v) is 10.5. The maximum absolute atomic E-state index is 11.4. The van der Waals surface area contributed by atoms with Crippen LogP contribution in [-0.4, -0.2) is 33.2 Å². The number of anilines is 2. The molecular formula is C12H19N3O2. The lowest BCUT2D eigenvalue weighted by molar-refractivity contribution is -0.119. The Hall–Kier alpha value is -1.91. The van der Waals surface area contributed by atoms with Gasteiger partial charge in [-0.3, -0.25) is 4.79 Å². The van der Waals surface area contributed by atoms with Gasteiger partial charge in [-0.05, 0) is 13.0 Å². The number of rotatable bonds is 5. The molecule has 0 aliphatic heterocycles. The molecule has 0 saturated carbocycles. The first-order valence-corrected chi connectivity index (χ1v) is 5.50. The Morgan fingerprint density at radius 2 is 2.18 bits per heavy atom. The number of nitrogen functional groups attached to an aromatic ring is 1. The molecule has 0 bridgehead atoms. The fraction of sp³-hybridized carbons (Fsp3) is 0.417. The van der Waals surface area contributed by atoms with Crippen molar-refractivity contribution >= 4 is 17.3 Å². The Morgan fingerprint density at radius 1 is 1.47 bits per heavy atom. The van der Waals surface area contributed by atoms with E-state index in [-0.39, 0.29) is 5.91 Å². The topological polar surface area (TPSA) is 67.6 Å². The van der Waals surface area contributed by atoms with Crippen LogP contribution in [0, 0.1) is 0 Å². The van der Waals surface area contributed by atoms with Crippen molar-refractivity contribution < 1.29 is 9.53 Å². The number of nitrogens with one attached hydrogen (secondary N) is 1. The first-order valence-electron chi connectivity index (χ1n) is 5.50. The third kappa shape index (κ3) is 3.55. The third-order valence-electron chi connectivity index (χ3n) is 2.51. The zero-order chi connectivity index (χ0) is 12.8. The van der Waals surface area contributed by atoms with E-state index in [2.05, 4.69) is 5.32 Å². The standard InChI is InChI=1S/C12H19N3O2/c1-4-15(8-12(16)14-2)10-5-9(13)6-11(7-10)17-3/h5-7H,4,8,13H2,1-3H3,(H,14,16). The highest BCUT2D eigenvalue weighted by molar-refractivity contribution is 5.81. The van der Waals surface area contributed by atoms with Crippen molar-refractivity contribution in [2.24, 2.45) is 0 Å². The van der Waals surface area contributed by atoms with Gasteiger partial charge >= 0.3 is 0 Å². The lowest BCUT2D eigenvalue weighted by atomic mass is 10.2. The molecule has 0 aliphatic carbocycles. The highest BCUT2D eigenvalue weighted by Crippen LogP contribution is 2.25. The van der Waals surface area contributed by atoms with E-state index in [4.69, 9.17) is 10.5 Å². The smallest absolute Gasteiger partial charge is 0.239 e. The van der Waals surface area contributed by atoms with Crippen molar-refractivity contribution in [3.63, 3.8) is 0 Å². The van der Waals surface area contributed by atoms with Gasteiger partial charge in [-0.1, -0.05) is 0 Å². The third-order valence-corrected chi connectivity index (χ3v) is 2.51. The number of hydrogen-bond acceptors (Lipinski definition) is 4. The molecule has 0 radical (unpaired) electrons. The second-order valence-corrected chi connectivity index (χ2v) is 3.65. The normalized spacial score (nSPS) is 9.82. The number of nitrogens with zero attached hydrogens (tertiary/aromatic N) is 1. The van der Waals surface area contributed by atoms with Gasteiger partial charge in [0.1, 0.15) is 5.75 Å². The summed E-state index contributed by atoms with van der Waals surface area (Å²) < 4.78 is 5.15. The first-order chi connectivity index (χ1) is 8.10. The molecule has 94 valence electrons. The summed E-state index contributed by atoms with van der Waals surface area (Å²) in [4.78, 5) is 13.3. The minimum atomic E-state index is -0.0340. The van der Waals surface area contributed by atoms with Crippen LogP contribution in [0.1, 0.15) is 6.92 Å². The summed E-state index contributed by atoms with van der Waals surface area (Å²) in [6.07, 6.45) is 0. The molecule has 0 heterocycles. The molecule has 1 aromatic carbocycles. The Bertz CT molecular complexity index is 393. The summed E-state index contributed by atoms with van der Waals surface area (Å²) in [5.74, 6) is 0.656. The maximum atomic E-state index is 11.4. The van der Waals surface area contributed by atoms with Crippen molar-refractivity contribution in [3.8, 4) is 5.75 Å². The number of amides is 1. The molecule has 0 atom stereocenters. The molecule has 1 amide bonds. The molecule has 0 unspecified atom stereocenters. The van der Waals surface area contributed by atoms with Crippen molar-refractivity contribution in [1.29, 1.82) is 0 Å². The Labute approximate surface area is 102 Å². The quantitative estimate of drug-likeness (QED) is 0.745. The Morgan fingerprint density at radius 3 is 2.71 bits per heavy atom. The molecule has 5 heteroatoms. The lowest BCUT2D eigenvalue weighted by Gasteiger charge is -2.23. The van der Waals surface area contributed by atoms with Gasteiger partial charge in [0.25, 0.3) is 0 Å². The van der Waals surface area contributed by atoms with Gasteiger partial charge in [0.15, 0.2) is 0 Å². The molecule has 0 spiro atoms. The van der Waals surface area contributed by atoms with Crippen LogP contribution in [0.15, 0.2) is 18.2 Å². The van der Waals surface area contributed by atoms with Crippen LogP contribution in [0.2, 0.25) is 0 Å². The number of benzene rings is 1. The van der Waals surface area contributed by atoms with Crippen LogP contribution in [0.25, 0.3) is 0 Å². The largest absolute Gasteiger partial charge is 0.497 e. The van der Waals surface area contributed by atoms with Gasteiger partial charge in [-0.15, -0.1) is 0 Å². The van der Waals surface area contributed by atoms with Crippen LogP contribution in [-0.2, 0) is 4.79 Å². The predicted molar refractivity (Wildman–Crippen MR) is 69.4 cm³/mol. The number of likely N-dealkylation sites (N-methyl/N-ethyl adjacent to an activating group) is 2. The number of methoxy groups -OCH3 is 1. The fourth-order valence-electron chi connectivity index (χ4n) is 1.54. The van der Waals surface area contributed by atoms with E-state index >= 15 is 0 Å². The predicted octanol–water partition coefficient (Wildman–Crippen LogP) is 0.850. The number of nitrogens with two attached hydrogens (primary N) is 1. The van der Waals surface area contributed by atoms with E-state index in [9.17, 15) is 4.79 Å². The Balaban J connectivity index is 2.94. The molecule has 17 heavy (non-hydrogen) atoms. The van der Waals surface area contributed by atoms with E-state index in [0.29, 0.717) is 18.0 Å². The van der Waals surface area contributed by atoms with E-state index < -0.39 is 0 Å². The first kappa shape index (κ1) is 13.2. The number of ether oxygens (including phenoxy) is 1. The second-order valence-electron chi connectivity index (χ2n) is 3.65. The molecule has 5 nitrogen and oxygen atoms in total. The van der Waals surface area contributed by atoms with E-state index in [1.807, 2.05) is 24.0 Å². The van der Waals surface area contributed by atoms with Gasteiger partial charge in [0.2, 0.25) is 5.91 Å². The molecule has 0 aliphatic rings. The highest BCUT2D eigenvalue weighted by Gasteiger charge is 2.10. The Kier molecular flexibility index (Phi) is 4.63. The molecule has 3 N–H and O–H groups in total. The van der Waals surface area contributed by atoms with Crippen LogP contribution in [0.5, 0.6) is 5.75 Å². The van der Waals surface area contributed by atoms with E-state index in [0.717, 1.165) is 12.2 Å². The summed E-state index contributed by atoms with van der Waals surface area (Å²) in [7, 11) is 3.21. The number of carbonyl (C=O) groups is 1. The van der Waals surface area contributed by atoms with Gasteiger partial charge in [-0.2, -0.15) is 0 Å². The summed E-state index contributed by atoms with van der Waals surface area (Å²) in [6, 6.07) is 5.44.